The zero-order valence-electron chi connectivity index (χ0n) is 16.1. The molecule has 1 heterocycles. The summed E-state index contributed by atoms with van der Waals surface area (Å²) in [5.41, 5.74) is 3.46. The number of H-pyrrole nitrogens is 1. The molecule has 7 nitrogen and oxygen atoms in total. The lowest BCUT2D eigenvalue weighted by molar-refractivity contribution is 0.354. The highest BCUT2D eigenvalue weighted by Crippen LogP contribution is 2.27. The Morgan fingerprint density at radius 2 is 2.00 bits per heavy atom. The number of hydrogen-bond donors (Lipinski definition) is 3. The van der Waals surface area contributed by atoms with Crippen LogP contribution in [0.1, 0.15) is 30.2 Å². The first-order valence-electron chi connectivity index (χ1n) is 8.89. The highest BCUT2D eigenvalue weighted by Gasteiger charge is 2.05. The Balaban J connectivity index is 1.88. The van der Waals surface area contributed by atoms with E-state index in [1.807, 2.05) is 31.3 Å². The molecule has 1 aromatic carbocycles. The molecule has 0 fully saturated rings. The highest BCUT2D eigenvalue weighted by atomic mass is 16.5. The van der Waals surface area contributed by atoms with E-state index in [0.717, 1.165) is 48.9 Å². The second-order valence-electron chi connectivity index (χ2n) is 5.94. The molecule has 26 heavy (non-hydrogen) atoms. The van der Waals surface area contributed by atoms with Gasteiger partial charge in [-0.1, -0.05) is 6.07 Å². The number of rotatable bonds is 9. The van der Waals surface area contributed by atoms with Gasteiger partial charge in [0.15, 0.2) is 17.5 Å². The fourth-order valence-electron chi connectivity index (χ4n) is 2.60. The largest absolute Gasteiger partial charge is 0.493 e. The van der Waals surface area contributed by atoms with Gasteiger partial charge in [-0.3, -0.25) is 5.10 Å². The molecule has 0 saturated carbocycles. The average Bonchev–Trinajstić information content (AvgIpc) is 3.07. The van der Waals surface area contributed by atoms with E-state index in [1.165, 1.54) is 5.56 Å². The maximum Gasteiger partial charge on any atom is 0.191 e. The van der Waals surface area contributed by atoms with E-state index in [1.54, 1.807) is 14.2 Å². The smallest absolute Gasteiger partial charge is 0.191 e. The Kier molecular flexibility index (Phi) is 7.79. The first kappa shape index (κ1) is 19.6. The number of methoxy groups -OCH3 is 2. The van der Waals surface area contributed by atoms with Gasteiger partial charge in [-0.15, -0.1) is 0 Å². The van der Waals surface area contributed by atoms with Gasteiger partial charge in [0.1, 0.15) is 0 Å². The number of nitrogens with zero attached hydrogens (tertiary/aromatic N) is 2. The number of aromatic amines is 1. The molecule has 0 spiro atoms. The van der Waals surface area contributed by atoms with Gasteiger partial charge >= 0.3 is 0 Å². The van der Waals surface area contributed by atoms with Gasteiger partial charge in [0, 0.05) is 18.8 Å². The van der Waals surface area contributed by atoms with Gasteiger partial charge in [-0.2, -0.15) is 5.10 Å². The summed E-state index contributed by atoms with van der Waals surface area (Å²) in [5.74, 6) is 2.25. The molecule has 0 atom stereocenters. The molecule has 0 aliphatic carbocycles. The Hall–Kier alpha value is -2.70. The summed E-state index contributed by atoms with van der Waals surface area (Å²) in [6.07, 6.45) is 3.90. The average molecular weight is 359 g/mol. The monoisotopic (exact) mass is 359 g/mol. The number of aryl methyl sites for hydroxylation is 2. The minimum Gasteiger partial charge on any atom is -0.493 e. The van der Waals surface area contributed by atoms with Crippen LogP contribution in [0.2, 0.25) is 0 Å². The van der Waals surface area contributed by atoms with Crippen LogP contribution in [0.5, 0.6) is 11.5 Å². The Morgan fingerprint density at radius 1 is 1.19 bits per heavy atom. The first-order valence-corrected chi connectivity index (χ1v) is 8.89. The Bertz CT molecular complexity index is 712. The topological polar surface area (TPSA) is 83.6 Å². The lowest BCUT2D eigenvalue weighted by atomic mass is 10.1. The van der Waals surface area contributed by atoms with Crippen LogP contribution in [0.3, 0.4) is 0 Å². The molecule has 0 saturated heterocycles. The summed E-state index contributed by atoms with van der Waals surface area (Å²) in [6, 6.07) is 5.85. The van der Waals surface area contributed by atoms with Gasteiger partial charge in [-0.05, 0) is 49.9 Å². The minimum absolute atomic E-state index is 0.566. The molecule has 0 bridgehead atoms. The van der Waals surface area contributed by atoms with Crippen LogP contribution in [0.25, 0.3) is 0 Å². The number of ether oxygens (including phenoxy) is 2. The number of aliphatic imine (C=N–C) groups is 1. The van der Waals surface area contributed by atoms with Crippen molar-refractivity contribution in [1.29, 1.82) is 0 Å². The van der Waals surface area contributed by atoms with Gasteiger partial charge < -0.3 is 20.1 Å². The van der Waals surface area contributed by atoms with E-state index in [4.69, 9.17) is 9.47 Å². The lowest BCUT2D eigenvalue weighted by Gasteiger charge is -2.12. The molecule has 0 amide bonds. The van der Waals surface area contributed by atoms with Crippen LogP contribution >= 0.6 is 0 Å². The summed E-state index contributed by atoms with van der Waals surface area (Å²) >= 11 is 0. The minimum atomic E-state index is 0.566. The van der Waals surface area contributed by atoms with E-state index in [0.29, 0.717) is 12.3 Å². The first-order chi connectivity index (χ1) is 12.7. The molecule has 0 radical (unpaired) electrons. The van der Waals surface area contributed by atoms with Crippen LogP contribution in [0, 0.1) is 6.92 Å². The molecule has 0 unspecified atom stereocenters. The molecule has 142 valence electrons. The van der Waals surface area contributed by atoms with Crippen LogP contribution in [0.15, 0.2) is 29.4 Å². The van der Waals surface area contributed by atoms with Crippen LogP contribution in [-0.4, -0.2) is 43.5 Å². The summed E-state index contributed by atoms with van der Waals surface area (Å²) in [5, 5.41) is 13.7. The fraction of sp³-hybridized carbons (Fsp3) is 0.474. The summed E-state index contributed by atoms with van der Waals surface area (Å²) in [7, 11) is 3.27. The van der Waals surface area contributed by atoms with Crippen molar-refractivity contribution in [3.05, 3.63) is 41.2 Å². The van der Waals surface area contributed by atoms with Gasteiger partial charge in [0.25, 0.3) is 0 Å². The van der Waals surface area contributed by atoms with Gasteiger partial charge in [0.05, 0.1) is 27.0 Å². The van der Waals surface area contributed by atoms with Crippen molar-refractivity contribution in [2.24, 2.45) is 4.99 Å². The Morgan fingerprint density at radius 3 is 2.65 bits per heavy atom. The number of hydrogen-bond acceptors (Lipinski definition) is 4. The third-order valence-corrected chi connectivity index (χ3v) is 4.06. The molecule has 0 aliphatic heterocycles. The molecular formula is C19H29N5O2. The maximum absolute atomic E-state index is 5.34. The van der Waals surface area contributed by atoms with Crippen molar-refractivity contribution in [2.75, 3.05) is 27.3 Å². The van der Waals surface area contributed by atoms with E-state index in [2.05, 4.69) is 32.7 Å². The molecule has 2 rings (SSSR count). The van der Waals surface area contributed by atoms with Crippen molar-refractivity contribution in [1.82, 2.24) is 20.8 Å². The number of aromatic nitrogens is 2. The molecule has 2 aromatic rings. The van der Waals surface area contributed by atoms with Gasteiger partial charge in [0.2, 0.25) is 0 Å². The predicted molar refractivity (Wildman–Crippen MR) is 104 cm³/mol. The summed E-state index contributed by atoms with van der Waals surface area (Å²) in [4.78, 5) is 4.65. The zero-order chi connectivity index (χ0) is 18.8. The third kappa shape index (κ3) is 5.68. The number of benzene rings is 1. The van der Waals surface area contributed by atoms with Crippen LogP contribution < -0.4 is 20.1 Å². The maximum atomic E-state index is 5.34. The van der Waals surface area contributed by atoms with Crippen molar-refractivity contribution in [3.8, 4) is 11.5 Å². The molecule has 0 aliphatic rings. The molecule has 7 heteroatoms. The summed E-state index contributed by atoms with van der Waals surface area (Å²) < 4.78 is 10.6. The third-order valence-electron chi connectivity index (χ3n) is 4.06. The standard InChI is InChI=1S/C19H29N5O2/c1-5-20-19(21-10-6-7-16-13-23-24-14(16)2)22-12-15-8-9-17(25-3)18(11-15)26-4/h8-9,11,13H,5-7,10,12H2,1-4H3,(H,23,24)(H2,20,21,22). The van der Waals surface area contributed by atoms with Crippen molar-refractivity contribution < 1.29 is 9.47 Å². The Labute approximate surface area is 155 Å². The number of nitrogens with one attached hydrogen (secondary N) is 3. The second-order valence-corrected chi connectivity index (χ2v) is 5.94. The number of guanidine groups is 1. The second kappa shape index (κ2) is 10.3. The van der Waals surface area contributed by atoms with E-state index in [9.17, 15) is 0 Å². The van der Waals surface area contributed by atoms with E-state index >= 15 is 0 Å². The quantitative estimate of drug-likeness (QED) is 0.364. The SMILES string of the molecule is CCNC(=NCc1ccc(OC)c(OC)c1)NCCCc1cn[nH]c1C. The van der Waals surface area contributed by atoms with Crippen molar-refractivity contribution >= 4 is 5.96 Å². The lowest BCUT2D eigenvalue weighted by Crippen LogP contribution is -2.37. The molecular weight excluding hydrogens is 330 g/mol. The zero-order valence-corrected chi connectivity index (χ0v) is 16.1. The molecule has 1 aromatic heterocycles. The normalized spacial score (nSPS) is 11.3. The van der Waals surface area contributed by atoms with Crippen LogP contribution in [0.4, 0.5) is 0 Å². The fourth-order valence-corrected chi connectivity index (χ4v) is 2.60. The van der Waals surface area contributed by atoms with E-state index in [-0.39, 0.29) is 0 Å². The van der Waals surface area contributed by atoms with Gasteiger partial charge in [-0.25, -0.2) is 4.99 Å². The van der Waals surface area contributed by atoms with Crippen molar-refractivity contribution in [3.63, 3.8) is 0 Å². The van der Waals surface area contributed by atoms with Crippen LogP contribution in [-0.2, 0) is 13.0 Å². The summed E-state index contributed by atoms with van der Waals surface area (Å²) in [6.45, 7) is 6.34. The van der Waals surface area contributed by atoms with E-state index < -0.39 is 0 Å². The highest BCUT2D eigenvalue weighted by molar-refractivity contribution is 5.79. The molecule has 3 N–H and O–H groups in total. The van der Waals surface area contributed by atoms with Crippen molar-refractivity contribution in [2.45, 2.75) is 33.2 Å². The predicted octanol–water partition coefficient (Wildman–Crippen LogP) is 2.42.